The largest absolute Gasteiger partial charge is 0.371 e. The first-order valence-electron chi connectivity index (χ1n) is 8.76. The highest BCUT2D eigenvalue weighted by molar-refractivity contribution is 5.77. The first-order valence-corrected chi connectivity index (χ1v) is 8.76. The summed E-state index contributed by atoms with van der Waals surface area (Å²) in [6.45, 7) is 6.38. The van der Waals surface area contributed by atoms with E-state index in [0.29, 0.717) is 6.42 Å². The molecule has 4 heteroatoms. The Labute approximate surface area is 139 Å². The quantitative estimate of drug-likeness (QED) is 0.920. The number of nitrogens with zero attached hydrogens (tertiary/aromatic N) is 1. The zero-order chi connectivity index (χ0) is 16.5. The van der Waals surface area contributed by atoms with Gasteiger partial charge in [0.05, 0.1) is 29.9 Å². The summed E-state index contributed by atoms with van der Waals surface area (Å²) in [5.74, 6) is 0.0666. The van der Waals surface area contributed by atoms with Crippen molar-refractivity contribution in [1.29, 1.82) is 0 Å². The SMILES string of the molecule is CC(C)(C)[C@H](NC(=O)C[C@@H]1CCC2(CCC2)O1)c1ccccn1. The lowest BCUT2D eigenvalue weighted by molar-refractivity contribution is -0.130. The molecule has 1 aromatic heterocycles. The number of hydrogen-bond donors (Lipinski definition) is 1. The summed E-state index contributed by atoms with van der Waals surface area (Å²) in [6.07, 6.45) is 8.06. The van der Waals surface area contributed by atoms with Crippen LogP contribution in [0.4, 0.5) is 0 Å². The second-order valence-electron chi connectivity index (χ2n) is 8.14. The van der Waals surface area contributed by atoms with Gasteiger partial charge in [0.1, 0.15) is 0 Å². The van der Waals surface area contributed by atoms with E-state index in [9.17, 15) is 4.79 Å². The van der Waals surface area contributed by atoms with Crippen LogP contribution in [0.3, 0.4) is 0 Å². The Balaban J connectivity index is 1.60. The summed E-state index contributed by atoms with van der Waals surface area (Å²) < 4.78 is 6.15. The van der Waals surface area contributed by atoms with Gasteiger partial charge in [-0.3, -0.25) is 9.78 Å². The summed E-state index contributed by atoms with van der Waals surface area (Å²) >= 11 is 0. The van der Waals surface area contributed by atoms with E-state index in [4.69, 9.17) is 4.74 Å². The van der Waals surface area contributed by atoms with Crippen LogP contribution in [0.1, 0.15) is 71.0 Å². The highest BCUT2D eigenvalue weighted by Gasteiger charge is 2.45. The number of hydrogen-bond acceptors (Lipinski definition) is 3. The van der Waals surface area contributed by atoms with Crippen LogP contribution in [0.2, 0.25) is 0 Å². The van der Waals surface area contributed by atoms with E-state index < -0.39 is 0 Å². The Morgan fingerprint density at radius 1 is 1.39 bits per heavy atom. The first-order chi connectivity index (χ1) is 10.9. The molecular weight excluding hydrogens is 288 g/mol. The molecule has 2 aliphatic rings. The van der Waals surface area contributed by atoms with E-state index in [2.05, 4.69) is 31.1 Å². The number of carbonyl (C=O) groups is 1. The monoisotopic (exact) mass is 316 g/mol. The van der Waals surface area contributed by atoms with E-state index in [1.54, 1.807) is 6.20 Å². The summed E-state index contributed by atoms with van der Waals surface area (Å²) in [5.41, 5.74) is 0.946. The minimum atomic E-state index is -0.0877. The van der Waals surface area contributed by atoms with Gasteiger partial charge in [0.25, 0.3) is 0 Å². The molecule has 0 unspecified atom stereocenters. The molecule has 1 saturated carbocycles. The van der Waals surface area contributed by atoms with E-state index in [1.807, 2.05) is 18.2 Å². The van der Waals surface area contributed by atoms with Gasteiger partial charge < -0.3 is 10.1 Å². The Kier molecular flexibility index (Phi) is 4.45. The summed E-state index contributed by atoms with van der Waals surface area (Å²) in [4.78, 5) is 17.0. The van der Waals surface area contributed by atoms with Gasteiger partial charge in [-0.05, 0) is 49.7 Å². The Bertz CT molecular complexity index is 546. The maximum Gasteiger partial charge on any atom is 0.223 e. The lowest BCUT2D eigenvalue weighted by atomic mass is 9.78. The van der Waals surface area contributed by atoms with Crippen molar-refractivity contribution in [2.75, 3.05) is 0 Å². The van der Waals surface area contributed by atoms with Crippen LogP contribution >= 0.6 is 0 Å². The molecule has 1 amide bonds. The number of carbonyl (C=O) groups excluding carboxylic acids is 1. The van der Waals surface area contributed by atoms with Gasteiger partial charge >= 0.3 is 0 Å². The maximum absolute atomic E-state index is 12.5. The molecule has 0 radical (unpaired) electrons. The molecule has 0 bridgehead atoms. The van der Waals surface area contributed by atoms with Gasteiger partial charge in [0, 0.05) is 6.20 Å². The zero-order valence-electron chi connectivity index (χ0n) is 14.5. The van der Waals surface area contributed by atoms with Crippen molar-refractivity contribution in [2.45, 2.75) is 77.0 Å². The van der Waals surface area contributed by atoms with Gasteiger partial charge in [0.2, 0.25) is 5.91 Å². The lowest BCUT2D eigenvalue weighted by Gasteiger charge is -2.38. The van der Waals surface area contributed by atoms with Crippen molar-refractivity contribution < 1.29 is 9.53 Å². The Morgan fingerprint density at radius 3 is 2.70 bits per heavy atom. The Hall–Kier alpha value is -1.42. The van der Waals surface area contributed by atoms with Crippen molar-refractivity contribution in [3.05, 3.63) is 30.1 Å². The first kappa shape index (κ1) is 16.4. The predicted molar refractivity (Wildman–Crippen MR) is 89.9 cm³/mol. The van der Waals surface area contributed by atoms with Crippen molar-refractivity contribution in [2.24, 2.45) is 5.41 Å². The minimum absolute atomic E-state index is 0.0666. The van der Waals surface area contributed by atoms with Crippen molar-refractivity contribution in [1.82, 2.24) is 10.3 Å². The number of nitrogens with one attached hydrogen (secondary N) is 1. The second kappa shape index (κ2) is 6.23. The summed E-state index contributed by atoms with van der Waals surface area (Å²) in [6, 6.07) is 5.75. The van der Waals surface area contributed by atoms with Gasteiger partial charge in [-0.15, -0.1) is 0 Å². The maximum atomic E-state index is 12.5. The van der Waals surface area contributed by atoms with Crippen LogP contribution in [0.25, 0.3) is 0 Å². The van der Waals surface area contributed by atoms with Crippen molar-refractivity contribution >= 4 is 5.91 Å². The highest BCUT2D eigenvalue weighted by atomic mass is 16.5. The molecule has 3 rings (SSSR count). The number of rotatable bonds is 4. The predicted octanol–water partition coefficient (Wildman–Crippen LogP) is 3.78. The average molecular weight is 316 g/mol. The molecule has 1 aliphatic heterocycles. The van der Waals surface area contributed by atoms with Crippen LogP contribution in [0, 0.1) is 5.41 Å². The number of pyridine rings is 1. The van der Waals surface area contributed by atoms with E-state index in [-0.39, 0.29) is 29.1 Å². The van der Waals surface area contributed by atoms with E-state index >= 15 is 0 Å². The molecule has 4 nitrogen and oxygen atoms in total. The molecule has 1 saturated heterocycles. The molecule has 126 valence electrons. The summed E-state index contributed by atoms with van der Waals surface area (Å²) in [5, 5.41) is 3.18. The number of ether oxygens (including phenoxy) is 1. The number of amides is 1. The molecular formula is C19H28N2O2. The molecule has 23 heavy (non-hydrogen) atoms. The fraction of sp³-hybridized carbons (Fsp3) is 0.684. The average Bonchev–Trinajstić information content (AvgIpc) is 2.89. The lowest BCUT2D eigenvalue weighted by Crippen LogP contribution is -2.40. The minimum Gasteiger partial charge on any atom is -0.371 e. The van der Waals surface area contributed by atoms with Gasteiger partial charge in [0.15, 0.2) is 0 Å². The second-order valence-corrected chi connectivity index (χ2v) is 8.14. The molecule has 2 atom stereocenters. The smallest absolute Gasteiger partial charge is 0.223 e. The third-order valence-corrected chi connectivity index (χ3v) is 5.17. The van der Waals surface area contributed by atoms with Crippen LogP contribution in [0.15, 0.2) is 24.4 Å². The standard InChI is InChI=1S/C19H28N2O2/c1-18(2,3)17(15-7-4-5-12-20-15)21-16(22)13-14-8-11-19(23-14)9-6-10-19/h4-5,7,12,14,17H,6,8-11,13H2,1-3H3,(H,21,22)/t14-,17+/m0/s1. The van der Waals surface area contributed by atoms with Gasteiger partial charge in [-0.25, -0.2) is 0 Å². The van der Waals surface area contributed by atoms with Crippen molar-refractivity contribution in [3.8, 4) is 0 Å². The van der Waals surface area contributed by atoms with Gasteiger partial charge in [-0.1, -0.05) is 26.8 Å². The van der Waals surface area contributed by atoms with Crippen LogP contribution in [-0.2, 0) is 9.53 Å². The third-order valence-electron chi connectivity index (χ3n) is 5.17. The highest BCUT2D eigenvalue weighted by Crippen LogP contribution is 2.46. The summed E-state index contributed by atoms with van der Waals surface area (Å²) in [7, 11) is 0. The fourth-order valence-electron chi connectivity index (χ4n) is 3.69. The molecule has 1 spiro atoms. The van der Waals surface area contributed by atoms with Crippen LogP contribution in [0.5, 0.6) is 0 Å². The fourth-order valence-corrected chi connectivity index (χ4v) is 3.69. The zero-order valence-corrected chi connectivity index (χ0v) is 14.5. The molecule has 2 fully saturated rings. The van der Waals surface area contributed by atoms with Gasteiger partial charge in [-0.2, -0.15) is 0 Å². The number of aromatic nitrogens is 1. The molecule has 1 aromatic rings. The molecule has 1 aliphatic carbocycles. The molecule has 0 aromatic carbocycles. The van der Waals surface area contributed by atoms with E-state index in [0.717, 1.165) is 18.5 Å². The molecule has 2 heterocycles. The normalized spacial score (nSPS) is 24.2. The topological polar surface area (TPSA) is 51.2 Å². The van der Waals surface area contributed by atoms with E-state index in [1.165, 1.54) is 19.3 Å². The Morgan fingerprint density at radius 2 is 2.17 bits per heavy atom. The van der Waals surface area contributed by atoms with Crippen molar-refractivity contribution in [3.63, 3.8) is 0 Å². The van der Waals surface area contributed by atoms with Crippen LogP contribution in [-0.4, -0.2) is 22.6 Å². The third kappa shape index (κ3) is 3.74. The molecule has 1 N–H and O–H groups in total. The van der Waals surface area contributed by atoms with Crippen LogP contribution < -0.4 is 5.32 Å².